The standard InChI is InChI=1S/C41H43O4Si2/c1-8-47(7)29-42-34-20-12-30(13-21-34)40(2,3)31-14-22-35(23-15-31)43-38-10-9-11-39(28-38)44-36-24-16-32(17-25-36)41(4,5)33-18-26-37(27-19-33)45-46-6/h8-28H,1,29H2,2-7H3. The van der Waals surface area contributed by atoms with Crippen LogP contribution in [0.25, 0.3) is 0 Å². The smallest absolute Gasteiger partial charge is 0.307 e. The van der Waals surface area contributed by atoms with Crippen LogP contribution in [0.5, 0.6) is 34.5 Å². The molecule has 0 amide bonds. The van der Waals surface area contributed by atoms with Crippen molar-refractivity contribution in [1.82, 2.24) is 0 Å². The summed E-state index contributed by atoms with van der Waals surface area (Å²) in [5.74, 6) is 4.77. The highest BCUT2D eigenvalue weighted by Crippen LogP contribution is 2.36. The van der Waals surface area contributed by atoms with Crippen LogP contribution in [-0.2, 0) is 10.8 Å². The van der Waals surface area contributed by atoms with Crippen LogP contribution in [0, 0.1) is 0 Å². The molecule has 5 rings (SSSR count). The molecule has 0 aliphatic rings. The van der Waals surface area contributed by atoms with Gasteiger partial charge in [-0.05, 0) is 89.5 Å². The third kappa shape index (κ3) is 8.45. The normalized spacial score (nSPS) is 11.6. The lowest BCUT2D eigenvalue weighted by molar-refractivity contribution is 0.382. The monoisotopic (exact) mass is 655 g/mol. The summed E-state index contributed by atoms with van der Waals surface area (Å²) in [6, 6.07) is 41.1. The number of benzene rings is 5. The summed E-state index contributed by atoms with van der Waals surface area (Å²) in [7, 11) is -0.212. The zero-order chi connectivity index (χ0) is 33.4. The van der Waals surface area contributed by atoms with Gasteiger partial charge in [0, 0.05) is 16.9 Å². The van der Waals surface area contributed by atoms with E-state index in [2.05, 4.69) is 101 Å². The van der Waals surface area contributed by atoms with E-state index in [4.69, 9.17) is 18.6 Å². The molecule has 0 bridgehead atoms. The molecular weight excluding hydrogens is 613 g/mol. The second-order valence-electron chi connectivity index (χ2n) is 12.7. The highest BCUT2D eigenvalue weighted by atomic mass is 28.3. The molecule has 0 aliphatic heterocycles. The molecule has 0 aliphatic carbocycles. The van der Waals surface area contributed by atoms with Crippen LogP contribution in [0.3, 0.4) is 0 Å². The zero-order valence-corrected chi connectivity index (χ0v) is 30.2. The lowest BCUT2D eigenvalue weighted by Crippen LogP contribution is -2.19. The molecular formula is C41H43O4Si2. The fraction of sp³-hybridized carbons (Fsp3) is 0.220. The summed E-state index contributed by atoms with van der Waals surface area (Å²) in [5, 5.41) is 0. The molecule has 5 aromatic carbocycles. The van der Waals surface area contributed by atoms with E-state index < -0.39 is 8.80 Å². The van der Waals surface area contributed by atoms with Crippen molar-refractivity contribution < 1.29 is 18.6 Å². The molecule has 0 atom stereocenters. The Balaban J connectivity index is 1.20. The molecule has 0 N–H and O–H groups in total. The van der Waals surface area contributed by atoms with Gasteiger partial charge in [-0.3, -0.25) is 0 Å². The SMILES string of the molecule is C=C[Si](C)COc1ccc(C(C)(C)c2ccc(Oc3cccc(Oc4ccc(C(C)(C)c5ccc(O[Si]C)cc5)cc4)c3)cc2)cc1. The molecule has 0 spiro atoms. The summed E-state index contributed by atoms with van der Waals surface area (Å²) in [4.78, 5) is 0. The second kappa shape index (κ2) is 14.9. The maximum absolute atomic E-state index is 6.23. The Labute approximate surface area is 284 Å². The van der Waals surface area contributed by atoms with Gasteiger partial charge in [-0.2, -0.15) is 0 Å². The minimum atomic E-state index is -0.647. The van der Waals surface area contributed by atoms with Crippen LogP contribution in [0.2, 0.25) is 13.1 Å². The van der Waals surface area contributed by atoms with Crippen molar-refractivity contribution in [1.29, 1.82) is 0 Å². The summed E-state index contributed by atoms with van der Waals surface area (Å²) >= 11 is 0. The molecule has 5 aromatic rings. The van der Waals surface area contributed by atoms with Gasteiger partial charge in [-0.25, -0.2) is 0 Å². The molecule has 4 nitrogen and oxygen atoms in total. The third-order valence-electron chi connectivity index (χ3n) is 8.62. The maximum atomic E-state index is 6.23. The first-order valence-electron chi connectivity index (χ1n) is 15.9. The zero-order valence-electron chi connectivity index (χ0n) is 28.2. The van der Waals surface area contributed by atoms with E-state index in [1.165, 1.54) is 22.3 Å². The van der Waals surface area contributed by atoms with Gasteiger partial charge in [-0.15, -0.1) is 12.3 Å². The highest BCUT2D eigenvalue weighted by molar-refractivity contribution is 6.62. The van der Waals surface area contributed by atoms with Crippen molar-refractivity contribution >= 4 is 18.6 Å². The Bertz CT molecular complexity index is 1740. The van der Waals surface area contributed by atoms with Gasteiger partial charge in [0.1, 0.15) is 43.3 Å². The average Bonchev–Trinajstić information content (AvgIpc) is 3.08. The van der Waals surface area contributed by atoms with Crippen molar-refractivity contribution in [3.05, 3.63) is 156 Å². The lowest BCUT2D eigenvalue weighted by Gasteiger charge is -2.26. The van der Waals surface area contributed by atoms with Crippen LogP contribution in [0.4, 0.5) is 0 Å². The number of hydrogen-bond donors (Lipinski definition) is 0. The van der Waals surface area contributed by atoms with E-state index in [0.717, 1.165) is 29.2 Å². The van der Waals surface area contributed by atoms with E-state index >= 15 is 0 Å². The van der Waals surface area contributed by atoms with Gasteiger partial charge in [0.25, 0.3) is 0 Å². The topological polar surface area (TPSA) is 36.9 Å². The van der Waals surface area contributed by atoms with Crippen molar-refractivity contribution in [3.63, 3.8) is 0 Å². The predicted octanol–water partition coefficient (Wildman–Crippen LogP) is 10.7. The largest absolute Gasteiger partial charge is 0.541 e. The van der Waals surface area contributed by atoms with Crippen LogP contribution < -0.4 is 18.6 Å². The molecule has 0 heterocycles. The fourth-order valence-corrected chi connectivity index (χ4v) is 6.25. The van der Waals surface area contributed by atoms with E-state index in [-0.39, 0.29) is 10.8 Å². The Morgan fingerprint density at radius 3 is 1.34 bits per heavy atom. The van der Waals surface area contributed by atoms with Gasteiger partial charge in [0.2, 0.25) is 0 Å². The van der Waals surface area contributed by atoms with Gasteiger partial charge in [0.15, 0.2) is 0 Å². The molecule has 3 radical (unpaired) electrons. The summed E-state index contributed by atoms with van der Waals surface area (Å²) in [6.07, 6.45) is 0.727. The fourth-order valence-electron chi connectivity index (χ4n) is 5.37. The van der Waals surface area contributed by atoms with E-state index in [0.29, 0.717) is 21.3 Å². The minimum absolute atomic E-state index is 0.158. The summed E-state index contributed by atoms with van der Waals surface area (Å²) < 4.78 is 24.0. The lowest BCUT2D eigenvalue weighted by atomic mass is 9.78. The van der Waals surface area contributed by atoms with Gasteiger partial charge < -0.3 is 18.6 Å². The molecule has 47 heavy (non-hydrogen) atoms. The quantitative estimate of drug-likeness (QED) is 0.112. The van der Waals surface area contributed by atoms with Crippen molar-refractivity contribution in [2.75, 3.05) is 6.23 Å². The molecule has 0 saturated heterocycles. The molecule has 0 fully saturated rings. The number of hydrogen-bond acceptors (Lipinski definition) is 4. The molecule has 0 unspecified atom stereocenters. The Hall–Kier alpha value is -4.53. The first-order chi connectivity index (χ1) is 22.6. The Kier molecular flexibility index (Phi) is 10.7. The average molecular weight is 656 g/mol. The highest BCUT2D eigenvalue weighted by Gasteiger charge is 2.24. The van der Waals surface area contributed by atoms with Crippen LogP contribution in [0.15, 0.2) is 134 Å². The third-order valence-corrected chi connectivity index (χ3v) is 10.4. The minimum Gasteiger partial charge on any atom is -0.541 e. The van der Waals surface area contributed by atoms with E-state index in [1.807, 2.05) is 72.9 Å². The number of ether oxygens (including phenoxy) is 3. The van der Waals surface area contributed by atoms with Crippen LogP contribution >= 0.6 is 0 Å². The van der Waals surface area contributed by atoms with E-state index in [1.54, 1.807) is 0 Å². The van der Waals surface area contributed by atoms with Crippen molar-refractivity contribution in [2.45, 2.75) is 51.6 Å². The molecule has 0 aromatic heterocycles. The molecule has 0 saturated carbocycles. The molecule has 239 valence electrons. The number of rotatable bonds is 14. The van der Waals surface area contributed by atoms with Gasteiger partial charge in [-0.1, -0.05) is 88.8 Å². The summed E-state index contributed by atoms with van der Waals surface area (Å²) in [6.45, 7) is 17.0. The van der Waals surface area contributed by atoms with Crippen LogP contribution in [0.1, 0.15) is 49.9 Å². The van der Waals surface area contributed by atoms with Gasteiger partial charge >= 0.3 is 9.76 Å². The molecule has 6 heteroatoms. The second-order valence-corrected chi connectivity index (χ2v) is 15.7. The summed E-state index contributed by atoms with van der Waals surface area (Å²) in [5.41, 5.74) is 6.54. The van der Waals surface area contributed by atoms with Crippen molar-refractivity contribution in [3.8, 4) is 34.5 Å². The van der Waals surface area contributed by atoms with Crippen LogP contribution in [-0.4, -0.2) is 24.8 Å². The maximum Gasteiger partial charge on any atom is 0.307 e. The Morgan fingerprint density at radius 1 is 0.574 bits per heavy atom. The predicted molar refractivity (Wildman–Crippen MR) is 196 cm³/mol. The first-order valence-corrected chi connectivity index (χ1v) is 19.6. The first kappa shape index (κ1) is 33.8. The van der Waals surface area contributed by atoms with E-state index in [9.17, 15) is 0 Å². The van der Waals surface area contributed by atoms with Crippen molar-refractivity contribution in [2.24, 2.45) is 0 Å². The Morgan fingerprint density at radius 2 is 0.957 bits per heavy atom. The van der Waals surface area contributed by atoms with Gasteiger partial charge in [0.05, 0.1) is 6.23 Å².